The van der Waals surface area contributed by atoms with Gasteiger partial charge in [0.1, 0.15) is 0 Å². The Balaban J connectivity index is 2.22. The number of guanidine groups is 1. The molecule has 0 aliphatic heterocycles. The summed E-state index contributed by atoms with van der Waals surface area (Å²) in [5.41, 5.74) is 0. The van der Waals surface area contributed by atoms with Gasteiger partial charge in [-0.1, -0.05) is 33.6 Å². The molecular formula is C12H25N3. The molecule has 88 valence electrons. The molecule has 0 amide bonds. The Morgan fingerprint density at radius 1 is 1.40 bits per heavy atom. The fourth-order valence-corrected chi connectivity index (χ4v) is 1.71. The van der Waals surface area contributed by atoms with E-state index in [1.165, 1.54) is 19.3 Å². The molecule has 0 aromatic carbocycles. The van der Waals surface area contributed by atoms with E-state index in [0.717, 1.165) is 24.3 Å². The molecule has 0 bridgehead atoms. The predicted molar refractivity (Wildman–Crippen MR) is 66.1 cm³/mol. The van der Waals surface area contributed by atoms with Crippen molar-refractivity contribution in [2.45, 2.75) is 46.1 Å². The monoisotopic (exact) mass is 211 g/mol. The maximum absolute atomic E-state index is 4.24. The third kappa shape index (κ3) is 4.10. The molecule has 0 radical (unpaired) electrons. The van der Waals surface area contributed by atoms with E-state index in [2.05, 4.69) is 36.4 Å². The average Bonchev–Trinajstić information content (AvgIpc) is 2.94. The lowest BCUT2D eigenvalue weighted by atomic mass is 10.0. The Hall–Kier alpha value is -0.730. The molecule has 0 heterocycles. The maximum Gasteiger partial charge on any atom is 0.191 e. The van der Waals surface area contributed by atoms with E-state index in [1.807, 2.05) is 7.05 Å². The third-order valence-electron chi connectivity index (χ3n) is 3.37. The molecule has 1 aliphatic rings. The van der Waals surface area contributed by atoms with Crippen molar-refractivity contribution >= 4 is 5.96 Å². The van der Waals surface area contributed by atoms with E-state index in [1.54, 1.807) is 0 Å². The number of rotatable bonds is 5. The molecule has 2 atom stereocenters. The molecule has 3 nitrogen and oxygen atoms in total. The average molecular weight is 211 g/mol. The Labute approximate surface area is 93.7 Å². The van der Waals surface area contributed by atoms with Crippen LogP contribution in [0.4, 0.5) is 0 Å². The van der Waals surface area contributed by atoms with Crippen LogP contribution < -0.4 is 10.6 Å². The van der Waals surface area contributed by atoms with E-state index in [0.29, 0.717) is 6.04 Å². The van der Waals surface area contributed by atoms with Crippen LogP contribution in [0.5, 0.6) is 0 Å². The topological polar surface area (TPSA) is 36.4 Å². The normalized spacial score (nSPS) is 25.5. The highest BCUT2D eigenvalue weighted by Crippen LogP contribution is 2.28. The molecule has 0 aromatic heterocycles. The third-order valence-corrected chi connectivity index (χ3v) is 3.37. The molecule has 1 aliphatic carbocycles. The summed E-state index contributed by atoms with van der Waals surface area (Å²) in [4.78, 5) is 4.24. The van der Waals surface area contributed by atoms with E-state index in [9.17, 15) is 0 Å². The van der Waals surface area contributed by atoms with Crippen LogP contribution in [0.3, 0.4) is 0 Å². The standard InChI is InChI=1S/C12H25N3/c1-5-10(6-2)8-14-12(13-4)15-11-7-9(11)3/h9-11H,5-8H2,1-4H3,(H2,13,14,15). The van der Waals surface area contributed by atoms with Crippen molar-refractivity contribution < 1.29 is 0 Å². The Kier molecular flexibility index (Phi) is 4.92. The zero-order valence-electron chi connectivity index (χ0n) is 10.5. The van der Waals surface area contributed by atoms with Gasteiger partial charge in [-0.2, -0.15) is 0 Å². The minimum absolute atomic E-state index is 0.651. The van der Waals surface area contributed by atoms with E-state index in [4.69, 9.17) is 0 Å². The van der Waals surface area contributed by atoms with Gasteiger partial charge < -0.3 is 10.6 Å². The molecule has 1 rings (SSSR count). The summed E-state index contributed by atoms with van der Waals surface area (Å²) in [6, 6.07) is 0.651. The second-order valence-corrected chi connectivity index (χ2v) is 4.60. The summed E-state index contributed by atoms with van der Waals surface area (Å²) in [6.07, 6.45) is 3.76. The van der Waals surface area contributed by atoms with Gasteiger partial charge in [0.2, 0.25) is 0 Å². The van der Waals surface area contributed by atoms with Crippen LogP contribution >= 0.6 is 0 Å². The second kappa shape index (κ2) is 5.99. The highest BCUT2D eigenvalue weighted by atomic mass is 15.2. The van der Waals surface area contributed by atoms with Gasteiger partial charge in [-0.15, -0.1) is 0 Å². The van der Waals surface area contributed by atoms with E-state index in [-0.39, 0.29) is 0 Å². The minimum atomic E-state index is 0.651. The highest BCUT2D eigenvalue weighted by Gasteiger charge is 2.33. The lowest BCUT2D eigenvalue weighted by Gasteiger charge is -2.16. The van der Waals surface area contributed by atoms with E-state index < -0.39 is 0 Å². The van der Waals surface area contributed by atoms with Crippen LogP contribution in [0.25, 0.3) is 0 Å². The molecular weight excluding hydrogens is 186 g/mol. The molecule has 15 heavy (non-hydrogen) atoms. The van der Waals surface area contributed by atoms with Crippen molar-refractivity contribution in [3.8, 4) is 0 Å². The van der Waals surface area contributed by atoms with Crippen LogP contribution in [-0.2, 0) is 0 Å². The summed E-state index contributed by atoms with van der Waals surface area (Å²) in [5, 5.41) is 6.83. The molecule has 1 fully saturated rings. The zero-order chi connectivity index (χ0) is 11.3. The van der Waals surface area contributed by atoms with Gasteiger partial charge in [0, 0.05) is 19.6 Å². The SMILES string of the molecule is CCC(CC)CNC(=NC)NC1CC1C. The van der Waals surface area contributed by atoms with Crippen molar-refractivity contribution in [1.29, 1.82) is 0 Å². The van der Waals surface area contributed by atoms with E-state index >= 15 is 0 Å². The van der Waals surface area contributed by atoms with Gasteiger partial charge in [0.25, 0.3) is 0 Å². The summed E-state index contributed by atoms with van der Waals surface area (Å²) in [5.74, 6) is 2.55. The van der Waals surface area contributed by atoms with Crippen molar-refractivity contribution in [2.75, 3.05) is 13.6 Å². The van der Waals surface area contributed by atoms with Crippen LogP contribution in [-0.4, -0.2) is 25.6 Å². The maximum atomic E-state index is 4.24. The highest BCUT2D eigenvalue weighted by molar-refractivity contribution is 5.80. The Morgan fingerprint density at radius 3 is 2.40 bits per heavy atom. The lowest BCUT2D eigenvalue weighted by molar-refractivity contribution is 0.481. The first-order chi connectivity index (χ1) is 7.21. The van der Waals surface area contributed by atoms with Gasteiger partial charge in [-0.25, -0.2) is 0 Å². The number of aliphatic imine (C=N–C) groups is 1. The van der Waals surface area contributed by atoms with Crippen molar-refractivity contribution in [2.24, 2.45) is 16.8 Å². The quantitative estimate of drug-likeness (QED) is 0.539. The minimum Gasteiger partial charge on any atom is -0.356 e. The van der Waals surface area contributed by atoms with Crippen LogP contribution in [0.15, 0.2) is 4.99 Å². The molecule has 0 spiro atoms. The predicted octanol–water partition coefficient (Wildman–Crippen LogP) is 2.00. The van der Waals surface area contributed by atoms with Crippen LogP contribution in [0, 0.1) is 11.8 Å². The number of hydrogen-bond donors (Lipinski definition) is 2. The number of hydrogen-bond acceptors (Lipinski definition) is 1. The number of nitrogens with zero attached hydrogens (tertiary/aromatic N) is 1. The first kappa shape index (κ1) is 12.3. The molecule has 2 unspecified atom stereocenters. The molecule has 3 heteroatoms. The summed E-state index contributed by atoms with van der Waals surface area (Å²) >= 11 is 0. The van der Waals surface area contributed by atoms with Gasteiger partial charge >= 0.3 is 0 Å². The number of nitrogens with one attached hydrogen (secondary N) is 2. The van der Waals surface area contributed by atoms with Crippen molar-refractivity contribution in [3.05, 3.63) is 0 Å². The summed E-state index contributed by atoms with van der Waals surface area (Å²) in [7, 11) is 1.84. The van der Waals surface area contributed by atoms with Crippen LogP contribution in [0.2, 0.25) is 0 Å². The molecule has 1 saturated carbocycles. The van der Waals surface area contributed by atoms with Gasteiger partial charge in [-0.05, 0) is 18.3 Å². The molecule has 2 N–H and O–H groups in total. The van der Waals surface area contributed by atoms with Gasteiger partial charge in [0.05, 0.1) is 0 Å². The lowest BCUT2D eigenvalue weighted by Crippen LogP contribution is -2.41. The summed E-state index contributed by atoms with van der Waals surface area (Å²) < 4.78 is 0. The summed E-state index contributed by atoms with van der Waals surface area (Å²) in [6.45, 7) is 7.80. The first-order valence-corrected chi connectivity index (χ1v) is 6.18. The first-order valence-electron chi connectivity index (χ1n) is 6.18. The fourth-order valence-electron chi connectivity index (χ4n) is 1.71. The Morgan fingerprint density at radius 2 is 2.00 bits per heavy atom. The smallest absolute Gasteiger partial charge is 0.191 e. The Bertz CT molecular complexity index is 209. The largest absolute Gasteiger partial charge is 0.356 e. The van der Waals surface area contributed by atoms with Crippen molar-refractivity contribution in [3.63, 3.8) is 0 Å². The molecule has 0 saturated heterocycles. The second-order valence-electron chi connectivity index (χ2n) is 4.60. The van der Waals surface area contributed by atoms with Crippen LogP contribution in [0.1, 0.15) is 40.0 Å². The van der Waals surface area contributed by atoms with Crippen molar-refractivity contribution in [1.82, 2.24) is 10.6 Å². The molecule has 0 aromatic rings. The van der Waals surface area contributed by atoms with Gasteiger partial charge in [-0.3, -0.25) is 4.99 Å². The fraction of sp³-hybridized carbons (Fsp3) is 0.917. The van der Waals surface area contributed by atoms with Gasteiger partial charge in [0.15, 0.2) is 5.96 Å². The zero-order valence-corrected chi connectivity index (χ0v) is 10.5.